The third-order valence-electron chi connectivity index (χ3n) is 3.49. The molecule has 2 nitrogen and oxygen atoms in total. The summed E-state index contributed by atoms with van der Waals surface area (Å²) in [6.07, 6.45) is 0.973. The fraction of sp³-hybridized carbons (Fsp3) is 0.294. The fourth-order valence-electron chi connectivity index (χ4n) is 2.52. The molecule has 0 unspecified atom stereocenters. The van der Waals surface area contributed by atoms with Crippen molar-refractivity contribution in [1.29, 1.82) is 0 Å². The zero-order chi connectivity index (χ0) is 13.7. The van der Waals surface area contributed by atoms with Gasteiger partial charge in [0.2, 0.25) is 0 Å². The lowest BCUT2D eigenvalue weighted by Crippen LogP contribution is -2.23. The first-order valence-electron chi connectivity index (χ1n) is 6.74. The van der Waals surface area contributed by atoms with Crippen molar-refractivity contribution in [3.8, 4) is 5.75 Å². The highest BCUT2D eigenvalue weighted by Crippen LogP contribution is 2.30. The summed E-state index contributed by atoms with van der Waals surface area (Å²) in [6, 6.07) is 18.3. The molecule has 0 fully saturated rings. The van der Waals surface area contributed by atoms with Gasteiger partial charge in [-0.25, -0.2) is 0 Å². The quantitative estimate of drug-likeness (QED) is 0.873. The molecule has 0 radical (unpaired) electrons. The van der Waals surface area contributed by atoms with Crippen LogP contribution in [0.5, 0.6) is 5.75 Å². The van der Waals surface area contributed by atoms with Crippen LogP contribution in [-0.2, 0) is 6.54 Å². The van der Waals surface area contributed by atoms with Crippen LogP contribution in [0, 0.1) is 0 Å². The minimum Gasteiger partial charge on any atom is -0.508 e. The first-order chi connectivity index (χ1) is 9.22. The van der Waals surface area contributed by atoms with Gasteiger partial charge in [0.05, 0.1) is 0 Å². The van der Waals surface area contributed by atoms with Crippen molar-refractivity contribution in [3.05, 3.63) is 65.7 Å². The van der Waals surface area contributed by atoms with Gasteiger partial charge >= 0.3 is 0 Å². The van der Waals surface area contributed by atoms with Crippen molar-refractivity contribution < 1.29 is 5.11 Å². The molecule has 2 aromatic carbocycles. The molecule has 0 aromatic heterocycles. The van der Waals surface area contributed by atoms with Gasteiger partial charge in [-0.05, 0) is 25.1 Å². The zero-order valence-electron chi connectivity index (χ0n) is 11.6. The van der Waals surface area contributed by atoms with Gasteiger partial charge in [0, 0.05) is 18.2 Å². The molecule has 100 valence electrons. The molecule has 2 aromatic rings. The predicted octanol–water partition coefficient (Wildman–Crippen LogP) is 3.98. The Morgan fingerprint density at radius 3 is 2.26 bits per heavy atom. The summed E-state index contributed by atoms with van der Waals surface area (Å²) in [4.78, 5) is 2.28. The van der Waals surface area contributed by atoms with E-state index >= 15 is 0 Å². The van der Waals surface area contributed by atoms with Crippen LogP contribution in [0.4, 0.5) is 0 Å². The molecule has 1 N–H and O–H groups in total. The van der Waals surface area contributed by atoms with Gasteiger partial charge in [-0.2, -0.15) is 0 Å². The molecule has 0 aliphatic rings. The Morgan fingerprint density at radius 1 is 1.00 bits per heavy atom. The maximum atomic E-state index is 10.0. The standard InChI is InChI=1S/C17H21NO/c1-3-16(15-11-7-8-12-17(15)19)18(2)13-14-9-5-4-6-10-14/h4-12,16,19H,3,13H2,1-2H3/t16-/m1/s1. The normalized spacial score (nSPS) is 12.6. The van der Waals surface area contributed by atoms with Crippen molar-refractivity contribution in [3.63, 3.8) is 0 Å². The third-order valence-corrected chi connectivity index (χ3v) is 3.49. The number of phenols is 1. The van der Waals surface area contributed by atoms with E-state index < -0.39 is 0 Å². The van der Waals surface area contributed by atoms with E-state index in [0.29, 0.717) is 5.75 Å². The summed E-state index contributed by atoms with van der Waals surface area (Å²) in [7, 11) is 2.10. The maximum Gasteiger partial charge on any atom is 0.120 e. The van der Waals surface area contributed by atoms with Crippen molar-refractivity contribution >= 4 is 0 Å². The predicted molar refractivity (Wildman–Crippen MR) is 79.0 cm³/mol. The summed E-state index contributed by atoms with van der Waals surface area (Å²) in [5.41, 5.74) is 2.29. The SMILES string of the molecule is CC[C@H](c1ccccc1O)N(C)Cc1ccccc1. The topological polar surface area (TPSA) is 23.5 Å². The molecule has 19 heavy (non-hydrogen) atoms. The Balaban J connectivity index is 2.16. The molecule has 0 aliphatic heterocycles. The monoisotopic (exact) mass is 255 g/mol. The minimum absolute atomic E-state index is 0.237. The van der Waals surface area contributed by atoms with Gasteiger partial charge < -0.3 is 5.11 Å². The van der Waals surface area contributed by atoms with Crippen molar-refractivity contribution in [1.82, 2.24) is 4.90 Å². The third kappa shape index (κ3) is 3.36. The molecule has 0 saturated heterocycles. The molecule has 2 rings (SSSR count). The van der Waals surface area contributed by atoms with E-state index in [1.165, 1.54) is 5.56 Å². The van der Waals surface area contributed by atoms with E-state index in [9.17, 15) is 5.11 Å². The summed E-state index contributed by atoms with van der Waals surface area (Å²) in [5.74, 6) is 0.384. The Hall–Kier alpha value is -1.80. The summed E-state index contributed by atoms with van der Waals surface area (Å²) < 4.78 is 0. The molecule has 0 saturated carbocycles. The fourth-order valence-corrected chi connectivity index (χ4v) is 2.52. The summed E-state index contributed by atoms with van der Waals surface area (Å²) in [5, 5.41) is 10.0. The van der Waals surface area contributed by atoms with Crippen LogP contribution in [0.3, 0.4) is 0 Å². The van der Waals surface area contributed by atoms with E-state index in [1.807, 2.05) is 24.3 Å². The molecule has 2 heteroatoms. The average Bonchev–Trinajstić information content (AvgIpc) is 2.43. The van der Waals surface area contributed by atoms with Crippen LogP contribution in [-0.4, -0.2) is 17.1 Å². The summed E-state index contributed by atoms with van der Waals surface area (Å²) >= 11 is 0. The van der Waals surface area contributed by atoms with Gasteiger partial charge in [-0.15, -0.1) is 0 Å². The van der Waals surface area contributed by atoms with Gasteiger partial charge in [0.15, 0.2) is 0 Å². The lowest BCUT2D eigenvalue weighted by Gasteiger charge is -2.28. The van der Waals surface area contributed by atoms with E-state index in [0.717, 1.165) is 18.5 Å². The zero-order valence-corrected chi connectivity index (χ0v) is 11.6. The number of hydrogen-bond donors (Lipinski definition) is 1. The van der Waals surface area contributed by atoms with Crippen LogP contribution >= 0.6 is 0 Å². The number of benzene rings is 2. The minimum atomic E-state index is 0.237. The largest absolute Gasteiger partial charge is 0.508 e. The second kappa shape index (κ2) is 6.39. The smallest absolute Gasteiger partial charge is 0.120 e. The average molecular weight is 255 g/mol. The highest BCUT2D eigenvalue weighted by molar-refractivity contribution is 5.34. The molecular formula is C17H21NO. The van der Waals surface area contributed by atoms with Gasteiger partial charge in [-0.3, -0.25) is 4.90 Å². The van der Waals surface area contributed by atoms with E-state index in [-0.39, 0.29) is 6.04 Å². The number of para-hydroxylation sites is 1. The van der Waals surface area contributed by atoms with E-state index in [4.69, 9.17) is 0 Å². The highest BCUT2D eigenvalue weighted by atomic mass is 16.3. The molecule has 0 heterocycles. The van der Waals surface area contributed by atoms with Crippen LogP contribution in [0.1, 0.15) is 30.5 Å². The Morgan fingerprint density at radius 2 is 1.63 bits per heavy atom. The van der Waals surface area contributed by atoms with Crippen molar-refractivity contribution in [2.24, 2.45) is 0 Å². The molecular weight excluding hydrogens is 234 g/mol. The van der Waals surface area contributed by atoms with Crippen molar-refractivity contribution in [2.45, 2.75) is 25.9 Å². The number of hydrogen-bond acceptors (Lipinski definition) is 2. The number of phenolic OH excluding ortho intramolecular Hbond substituents is 1. The van der Waals surface area contributed by atoms with Crippen molar-refractivity contribution in [2.75, 3.05) is 7.05 Å². The molecule has 0 bridgehead atoms. The van der Waals surface area contributed by atoms with Crippen LogP contribution in [0.2, 0.25) is 0 Å². The Bertz CT molecular complexity index is 510. The van der Waals surface area contributed by atoms with Crippen LogP contribution in [0.25, 0.3) is 0 Å². The van der Waals surface area contributed by atoms with Gasteiger partial charge in [0.25, 0.3) is 0 Å². The van der Waals surface area contributed by atoms with Gasteiger partial charge in [0.1, 0.15) is 5.75 Å². The second-order valence-corrected chi connectivity index (χ2v) is 4.88. The van der Waals surface area contributed by atoms with Crippen LogP contribution < -0.4 is 0 Å². The maximum absolute atomic E-state index is 10.0. The number of rotatable bonds is 5. The van der Waals surface area contributed by atoms with Gasteiger partial charge in [-0.1, -0.05) is 55.5 Å². The molecule has 0 spiro atoms. The summed E-state index contributed by atoms with van der Waals surface area (Å²) in [6.45, 7) is 3.03. The molecule has 1 atom stereocenters. The molecule has 0 amide bonds. The first kappa shape index (κ1) is 13.6. The second-order valence-electron chi connectivity index (χ2n) is 4.88. The molecule has 0 aliphatic carbocycles. The first-order valence-corrected chi connectivity index (χ1v) is 6.74. The number of aromatic hydroxyl groups is 1. The lowest BCUT2D eigenvalue weighted by molar-refractivity contribution is 0.226. The number of nitrogens with zero attached hydrogens (tertiary/aromatic N) is 1. The highest BCUT2D eigenvalue weighted by Gasteiger charge is 2.17. The lowest BCUT2D eigenvalue weighted by atomic mass is 10.0. The Kier molecular flexibility index (Phi) is 4.58. The van der Waals surface area contributed by atoms with Crippen LogP contribution in [0.15, 0.2) is 54.6 Å². The van der Waals surface area contributed by atoms with E-state index in [2.05, 4.69) is 43.1 Å². The Labute approximate surface area is 115 Å². The van der Waals surface area contributed by atoms with E-state index in [1.54, 1.807) is 6.07 Å².